The average molecular weight is 252 g/mol. The minimum atomic E-state index is 0.630. The Hall–Kier alpha value is -1.40. The third-order valence-corrected chi connectivity index (χ3v) is 2.94. The van der Waals surface area contributed by atoms with Gasteiger partial charge in [-0.25, -0.2) is 4.98 Å². The molecule has 1 N–H and O–H groups in total. The Kier molecular flexibility index (Phi) is 4.11. The van der Waals surface area contributed by atoms with Crippen LogP contribution < -0.4 is 10.2 Å². The number of nitrogens with zero attached hydrogens (tertiary/aromatic N) is 3. The zero-order chi connectivity index (χ0) is 12.1. The molecule has 0 bridgehead atoms. The second kappa shape index (κ2) is 5.79. The van der Waals surface area contributed by atoms with Gasteiger partial charge in [-0.3, -0.25) is 0 Å². The molecule has 17 heavy (non-hydrogen) atoms. The van der Waals surface area contributed by atoms with Gasteiger partial charge in [0.05, 0.1) is 23.4 Å². The monoisotopic (exact) mass is 252 g/mol. The van der Waals surface area contributed by atoms with Crippen molar-refractivity contribution in [1.82, 2.24) is 15.3 Å². The maximum absolute atomic E-state index is 5.42. The van der Waals surface area contributed by atoms with Crippen molar-refractivity contribution < 1.29 is 4.42 Å². The van der Waals surface area contributed by atoms with Crippen LogP contribution in [-0.2, 0) is 13.1 Å². The van der Waals surface area contributed by atoms with Crippen LogP contribution in [0.2, 0.25) is 0 Å². The van der Waals surface area contributed by atoms with Gasteiger partial charge in [0.2, 0.25) is 0 Å². The molecule has 2 heterocycles. The summed E-state index contributed by atoms with van der Waals surface area (Å²) in [4.78, 5) is 10.6. The Labute approximate surface area is 104 Å². The summed E-state index contributed by atoms with van der Waals surface area (Å²) in [6, 6.07) is 0.630. The molecular formula is C11H16N4OS. The summed E-state index contributed by atoms with van der Waals surface area (Å²) >= 11 is 1.59. The molecule has 0 radical (unpaired) electrons. The Balaban J connectivity index is 1.94. The molecule has 2 aromatic rings. The fourth-order valence-electron chi connectivity index (χ4n) is 1.43. The Morgan fingerprint density at radius 2 is 2.35 bits per heavy atom. The summed E-state index contributed by atoms with van der Waals surface area (Å²) in [5.41, 5.74) is 3.78. The van der Waals surface area contributed by atoms with Crippen LogP contribution in [0, 0.1) is 0 Å². The van der Waals surface area contributed by atoms with Crippen molar-refractivity contribution in [2.45, 2.75) is 20.0 Å². The molecule has 0 saturated heterocycles. The Bertz CT molecular complexity index is 440. The molecule has 0 spiro atoms. The van der Waals surface area contributed by atoms with E-state index in [0.717, 1.165) is 24.5 Å². The molecule has 0 amide bonds. The zero-order valence-electron chi connectivity index (χ0n) is 10.0. The molecule has 0 fully saturated rings. The molecule has 2 rings (SSSR count). The Morgan fingerprint density at radius 3 is 3.06 bits per heavy atom. The van der Waals surface area contributed by atoms with E-state index in [1.807, 2.05) is 22.8 Å². The number of rotatable bonds is 6. The third kappa shape index (κ3) is 3.28. The van der Waals surface area contributed by atoms with Crippen molar-refractivity contribution in [1.29, 1.82) is 0 Å². The van der Waals surface area contributed by atoms with E-state index in [9.17, 15) is 0 Å². The lowest BCUT2D eigenvalue weighted by Crippen LogP contribution is -2.17. The summed E-state index contributed by atoms with van der Waals surface area (Å²) < 4.78 is 5.42. The average Bonchev–Trinajstić information content (AvgIpc) is 2.96. The lowest BCUT2D eigenvalue weighted by atomic mass is 10.4. The third-order valence-electron chi connectivity index (χ3n) is 2.30. The highest BCUT2D eigenvalue weighted by molar-refractivity contribution is 7.07. The van der Waals surface area contributed by atoms with Gasteiger partial charge in [-0.1, -0.05) is 6.92 Å². The van der Waals surface area contributed by atoms with Crippen molar-refractivity contribution >= 4 is 17.4 Å². The van der Waals surface area contributed by atoms with E-state index in [0.29, 0.717) is 12.6 Å². The van der Waals surface area contributed by atoms with Gasteiger partial charge in [-0.15, -0.1) is 11.3 Å². The molecule has 0 aliphatic heterocycles. The second-order valence-corrected chi connectivity index (χ2v) is 4.46. The maximum atomic E-state index is 5.42. The first-order valence-electron chi connectivity index (χ1n) is 5.53. The standard InChI is InChI=1S/C11H16N4OS/c1-3-12-4-9-6-16-11(14-9)15(2)5-10-7-17-8-13-10/h6-8,12H,3-5H2,1-2H3. The summed E-state index contributed by atoms with van der Waals surface area (Å²) in [6.45, 7) is 4.45. The van der Waals surface area contributed by atoms with Gasteiger partial charge < -0.3 is 14.6 Å². The van der Waals surface area contributed by atoms with Gasteiger partial charge in [-0.2, -0.15) is 4.98 Å². The molecule has 5 nitrogen and oxygen atoms in total. The van der Waals surface area contributed by atoms with Gasteiger partial charge in [0, 0.05) is 19.0 Å². The highest BCUT2D eigenvalue weighted by Gasteiger charge is 2.10. The van der Waals surface area contributed by atoms with Crippen molar-refractivity contribution in [3.8, 4) is 0 Å². The number of hydrogen-bond donors (Lipinski definition) is 1. The van der Waals surface area contributed by atoms with E-state index in [1.165, 1.54) is 0 Å². The normalized spacial score (nSPS) is 10.7. The zero-order valence-corrected chi connectivity index (χ0v) is 10.8. The molecule has 92 valence electrons. The van der Waals surface area contributed by atoms with E-state index >= 15 is 0 Å². The molecule has 0 aliphatic rings. The smallest absolute Gasteiger partial charge is 0.297 e. The maximum Gasteiger partial charge on any atom is 0.297 e. The first kappa shape index (κ1) is 12.1. The quantitative estimate of drug-likeness (QED) is 0.850. The minimum absolute atomic E-state index is 0.630. The number of nitrogens with one attached hydrogen (secondary N) is 1. The number of aromatic nitrogens is 2. The van der Waals surface area contributed by atoms with Crippen molar-refractivity contribution in [2.24, 2.45) is 0 Å². The van der Waals surface area contributed by atoms with Crippen molar-refractivity contribution in [3.63, 3.8) is 0 Å². The fraction of sp³-hybridized carbons (Fsp3) is 0.455. The van der Waals surface area contributed by atoms with Crippen LogP contribution in [0.4, 0.5) is 6.01 Å². The van der Waals surface area contributed by atoms with Crippen LogP contribution in [0.25, 0.3) is 0 Å². The van der Waals surface area contributed by atoms with Crippen LogP contribution in [0.3, 0.4) is 0 Å². The van der Waals surface area contributed by atoms with Gasteiger partial charge >= 0.3 is 0 Å². The van der Waals surface area contributed by atoms with Crippen LogP contribution in [0.5, 0.6) is 0 Å². The molecule has 0 aromatic carbocycles. The predicted molar refractivity (Wildman–Crippen MR) is 68.1 cm³/mol. The number of oxazole rings is 1. The van der Waals surface area contributed by atoms with E-state index in [4.69, 9.17) is 4.42 Å². The topological polar surface area (TPSA) is 54.2 Å². The van der Waals surface area contributed by atoms with Gasteiger partial charge in [0.25, 0.3) is 6.01 Å². The predicted octanol–water partition coefficient (Wildman–Crippen LogP) is 1.88. The highest BCUT2D eigenvalue weighted by Crippen LogP contribution is 2.14. The number of anilines is 1. The second-order valence-electron chi connectivity index (χ2n) is 3.74. The fourth-order valence-corrected chi connectivity index (χ4v) is 1.98. The number of thiazole rings is 1. The molecule has 2 aromatic heterocycles. The Morgan fingerprint density at radius 1 is 1.47 bits per heavy atom. The summed E-state index contributed by atoms with van der Waals surface area (Å²) in [7, 11) is 1.95. The molecule has 0 atom stereocenters. The largest absolute Gasteiger partial charge is 0.432 e. The first-order chi connectivity index (χ1) is 8.29. The first-order valence-corrected chi connectivity index (χ1v) is 6.47. The van der Waals surface area contributed by atoms with Gasteiger partial charge in [0.15, 0.2) is 0 Å². The van der Waals surface area contributed by atoms with Crippen LogP contribution in [0.15, 0.2) is 21.6 Å². The van der Waals surface area contributed by atoms with Gasteiger partial charge in [0.1, 0.15) is 6.26 Å². The minimum Gasteiger partial charge on any atom is -0.432 e. The molecule has 0 aliphatic carbocycles. The summed E-state index contributed by atoms with van der Waals surface area (Å²) in [5.74, 6) is 0. The summed E-state index contributed by atoms with van der Waals surface area (Å²) in [6.07, 6.45) is 1.69. The van der Waals surface area contributed by atoms with Gasteiger partial charge in [-0.05, 0) is 6.54 Å². The molecule has 0 saturated carbocycles. The SMILES string of the molecule is CCNCc1coc(N(C)Cc2cscn2)n1. The van der Waals surface area contributed by atoms with Crippen molar-refractivity contribution in [3.05, 3.63) is 28.5 Å². The van der Waals surface area contributed by atoms with E-state index < -0.39 is 0 Å². The molecule has 6 heteroatoms. The van der Waals surface area contributed by atoms with E-state index in [1.54, 1.807) is 17.6 Å². The molecule has 0 unspecified atom stereocenters. The van der Waals surface area contributed by atoms with E-state index in [-0.39, 0.29) is 0 Å². The van der Waals surface area contributed by atoms with E-state index in [2.05, 4.69) is 22.2 Å². The summed E-state index contributed by atoms with van der Waals surface area (Å²) in [5, 5.41) is 5.24. The van der Waals surface area contributed by atoms with Crippen LogP contribution >= 0.6 is 11.3 Å². The van der Waals surface area contributed by atoms with Crippen molar-refractivity contribution in [2.75, 3.05) is 18.5 Å². The molecular weight excluding hydrogens is 236 g/mol. The van der Waals surface area contributed by atoms with Crippen LogP contribution in [0.1, 0.15) is 18.3 Å². The highest BCUT2D eigenvalue weighted by atomic mass is 32.1. The van der Waals surface area contributed by atoms with Crippen LogP contribution in [-0.4, -0.2) is 23.6 Å². The number of hydrogen-bond acceptors (Lipinski definition) is 6. The lowest BCUT2D eigenvalue weighted by molar-refractivity contribution is 0.542. The lowest BCUT2D eigenvalue weighted by Gasteiger charge is -2.11.